The average Bonchev–Trinajstić information content (AvgIpc) is 2.64. The third-order valence-corrected chi connectivity index (χ3v) is 2.77. The smallest absolute Gasteiger partial charge is 0.0527 e. The standard InChI is InChI=1S/C13H17N3/c1-16-13(7-8-14)12(10-15-16)9-11-5-3-2-4-6-11/h2-6,10H,7-9,14H2,1H3. The topological polar surface area (TPSA) is 43.8 Å². The van der Waals surface area contributed by atoms with Crippen LogP contribution in [0, 0.1) is 0 Å². The van der Waals surface area contributed by atoms with Gasteiger partial charge >= 0.3 is 0 Å². The normalized spacial score (nSPS) is 10.6. The lowest BCUT2D eigenvalue weighted by molar-refractivity contribution is 0.703. The third kappa shape index (κ3) is 2.31. The van der Waals surface area contributed by atoms with Crippen molar-refractivity contribution in [3.05, 3.63) is 53.3 Å². The van der Waals surface area contributed by atoms with Gasteiger partial charge in [-0.2, -0.15) is 5.10 Å². The zero-order chi connectivity index (χ0) is 11.4. The number of nitrogens with zero attached hydrogens (tertiary/aromatic N) is 2. The maximum absolute atomic E-state index is 5.61. The summed E-state index contributed by atoms with van der Waals surface area (Å²) in [6.45, 7) is 0.668. The minimum Gasteiger partial charge on any atom is -0.330 e. The van der Waals surface area contributed by atoms with E-state index in [1.807, 2.05) is 24.0 Å². The monoisotopic (exact) mass is 215 g/mol. The van der Waals surface area contributed by atoms with E-state index in [9.17, 15) is 0 Å². The molecule has 0 aliphatic heterocycles. The molecule has 0 bridgehead atoms. The van der Waals surface area contributed by atoms with Crippen LogP contribution in [0.2, 0.25) is 0 Å². The summed E-state index contributed by atoms with van der Waals surface area (Å²) < 4.78 is 1.92. The zero-order valence-corrected chi connectivity index (χ0v) is 9.56. The first kappa shape index (κ1) is 10.9. The molecule has 0 unspecified atom stereocenters. The van der Waals surface area contributed by atoms with E-state index in [4.69, 9.17) is 5.73 Å². The molecule has 0 aliphatic rings. The second kappa shape index (κ2) is 4.94. The van der Waals surface area contributed by atoms with Crippen LogP contribution in [0.3, 0.4) is 0 Å². The Morgan fingerprint density at radius 2 is 2.00 bits per heavy atom. The van der Waals surface area contributed by atoms with Gasteiger partial charge in [0.05, 0.1) is 6.20 Å². The highest BCUT2D eigenvalue weighted by Crippen LogP contribution is 2.13. The third-order valence-electron chi connectivity index (χ3n) is 2.77. The first-order chi connectivity index (χ1) is 7.81. The predicted molar refractivity (Wildman–Crippen MR) is 65.2 cm³/mol. The van der Waals surface area contributed by atoms with Gasteiger partial charge in [-0.15, -0.1) is 0 Å². The van der Waals surface area contributed by atoms with Crippen molar-refractivity contribution in [3.63, 3.8) is 0 Å². The van der Waals surface area contributed by atoms with E-state index in [-0.39, 0.29) is 0 Å². The highest BCUT2D eigenvalue weighted by atomic mass is 15.3. The Morgan fingerprint density at radius 3 is 2.69 bits per heavy atom. The molecule has 84 valence electrons. The van der Waals surface area contributed by atoms with E-state index in [2.05, 4.69) is 29.4 Å². The molecule has 2 rings (SSSR count). The van der Waals surface area contributed by atoms with Gasteiger partial charge in [-0.05, 0) is 17.7 Å². The fraction of sp³-hybridized carbons (Fsp3) is 0.308. The summed E-state index contributed by atoms with van der Waals surface area (Å²) in [7, 11) is 1.97. The van der Waals surface area contributed by atoms with Gasteiger partial charge in [0, 0.05) is 25.6 Å². The number of benzene rings is 1. The van der Waals surface area contributed by atoms with Gasteiger partial charge < -0.3 is 5.73 Å². The first-order valence-corrected chi connectivity index (χ1v) is 5.55. The Hall–Kier alpha value is -1.61. The van der Waals surface area contributed by atoms with Crippen LogP contribution in [-0.4, -0.2) is 16.3 Å². The fourth-order valence-corrected chi connectivity index (χ4v) is 1.93. The molecular weight excluding hydrogens is 198 g/mol. The summed E-state index contributed by atoms with van der Waals surface area (Å²) in [5.41, 5.74) is 9.44. The van der Waals surface area contributed by atoms with Crippen molar-refractivity contribution < 1.29 is 0 Å². The van der Waals surface area contributed by atoms with Crippen LogP contribution in [0.25, 0.3) is 0 Å². The fourth-order valence-electron chi connectivity index (χ4n) is 1.93. The lowest BCUT2D eigenvalue weighted by atomic mass is 10.0. The summed E-state index contributed by atoms with van der Waals surface area (Å²) in [6.07, 6.45) is 3.76. The van der Waals surface area contributed by atoms with Crippen LogP contribution in [0.4, 0.5) is 0 Å². The minimum absolute atomic E-state index is 0.668. The van der Waals surface area contributed by atoms with Crippen molar-refractivity contribution in [1.29, 1.82) is 0 Å². The molecule has 3 heteroatoms. The minimum atomic E-state index is 0.668. The highest BCUT2D eigenvalue weighted by Gasteiger charge is 2.07. The van der Waals surface area contributed by atoms with Crippen LogP contribution in [0.15, 0.2) is 36.5 Å². The Balaban J connectivity index is 2.21. The maximum atomic E-state index is 5.61. The molecule has 2 aromatic rings. The molecule has 0 aliphatic carbocycles. The molecule has 0 saturated carbocycles. The van der Waals surface area contributed by atoms with Crippen LogP contribution < -0.4 is 5.73 Å². The first-order valence-electron chi connectivity index (χ1n) is 5.55. The lowest BCUT2D eigenvalue weighted by Gasteiger charge is -2.04. The molecule has 3 nitrogen and oxygen atoms in total. The van der Waals surface area contributed by atoms with E-state index >= 15 is 0 Å². The van der Waals surface area contributed by atoms with Crippen molar-refractivity contribution >= 4 is 0 Å². The van der Waals surface area contributed by atoms with Crippen molar-refractivity contribution in [3.8, 4) is 0 Å². The van der Waals surface area contributed by atoms with E-state index in [0.29, 0.717) is 6.54 Å². The van der Waals surface area contributed by atoms with Gasteiger partial charge in [0.1, 0.15) is 0 Å². The van der Waals surface area contributed by atoms with Crippen molar-refractivity contribution in [2.75, 3.05) is 6.54 Å². The molecule has 0 amide bonds. The van der Waals surface area contributed by atoms with Gasteiger partial charge in [0.2, 0.25) is 0 Å². The molecule has 16 heavy (non-hydrogen) atoms. The van der Waals surface area contributed by atoms with E-state index < -0.39 is 0 Å². The van der Waals surface area contributed by atoms with Crippen LogP contribution in [-0.2, 0) is 19.9 Å². The maximum Gasteiger partial charge on any atom is 0.0527 e. The molecule has 0 fully saturated rings. The molecule has 2 N–H and O–H groups in total. The Labute approximate surface area is 95.9 Å². The number of aromatic nitrogens is 2. The van der Waals surface area contributed by atoms with Crippen molar-refractivity contribution in [2.45, 2.75) is 12.8 Å². The van der Waals surface area contributed by atoms with Crippen LogP contribution in [0.1, 0.15) is 16.8 Å². The number of aryl methyl sites for hydroxylation is 1. The van der Waals surface area contributed by atoms with Gasteiger partial charge in [-0.3, -0.25) is 4.68 Å². The number of nitrogens with two attached hydrogens (primary N) is 1. The quantitative estimate of drug-likeness (QED) is 0.840. The number of rotatable bonds is 4. The van der Waals surface area contributed by atoms with E-state index in [1.54, 1.807) is 0 Å². The molecule has 1 heterocycles. The van der Waals surface area contributed by atoms with Gasteiger partial charge in [0.25, 0.3) is 0 Å². The van der Waals surface area contributed by atoms with Crippen molar-refractivity contribution in [1.82, 2.24) is 9.78 Å². The van der Waals surface area contributed by atoms with E-state index in [0.717, 1.165) is 12.8 Å². The van der Waals surface area contributed by atoms with Gasteiger partial charge in [-0.25, -0.2) is 0 Å². The Bertz CT molecular complexity index is 445. The summed E-state index contributed by atoms with van der Waals surface area (Å²) >= 11 is 0. The predicted octanol–water partition coefficient (Wildman–Crippen LogP) is 1.51. The van der Waals surface area contributed by atoms with Gasteiger partial charge in [0.15, 0.2) is 0 Å². The largest absolute Gasteiger partial charge is 0.330 e. The van der Waals surface area contributed by atoms with Crippen molar-refractivity contribution in [2.24, 2.45) is 12.8 Å². The molecular formula is C13H17N3. The summed E-state index contributed by atoms with van der Waals surface area (Å²) in [6, 6.07) is 10.4. The average molecular weight is 215 g/mol. The molecule has 0 saturated heterocycles. The van der Waals surface area contributed by atoms with Gasteiger partial charge in [-0.1, -0.05) is 30.3 Å². The summed E-state index contributed by atoms with van der Waals surface area (Å²) in [5, 5.41) is 4.29. The van der Waals surface area contributed by atoms with Crippen LogP contribution >= 0.6 is 0 Å². The molecule has 1 aromatic heterocycles. The van der Waals surface area contributed by atoms with Crippen LogP contribution in [0.5, 0.6) is 0 Å². The zero-order valence-electron chi connectivity index (χ0n) is 9.56. The Morgan fingerprint density at radius 1 is 1.25 bits per heavy atom. The SMILES string of the molecule is Cn1ncc(Cc2ccccc2)c1CCN. The molecule has 0 radical (unpaired) electrons. The lowest BCUT2D eigenvalue weighted by Crippen LogP contribution is -2.09. The second-order valence-corrected chi connectivity index (χ2v) is 3.94. The second-order valence-electron chi connectivity index (χ2n) is 3.94. The summed E-state index contributed by atoms with van der Waals surface area (Å²) in [5.74, 6) is 0. The van der Waals surface area contributed by atoms with E-state index in [1.165, 1.54) is 16.8 Å². The number of hydrogen-bond donors (Lipinski definition) is 1. The summed E-state index contributed by atoms with van der Waals surface area (Å²) in [4.78, 5) is 0. The molecule has 0 spiro atoms. The Kier molecular flexibility index (Phi) is 3.37. The number of hydrogen-bond acceptors (Lipinski definition) is 2. The molecule has 0 atom stereocenters. The molecule has 1 aromatic carbocycles. The highest BCUT2D eigenvalue weighted by molar-refractivity contribution is 5.27.